The number of imidazole rings is 1. The number of hydrogen-bond donors (Lipinski definition) is 4. The van der Waals surface area contributed by atoms with Crippen LogP contribution in [0.2, 0.25) is 0 Å². The number of rotatable bonds is 14. The summed E-state index contributed by atoms with van der Waals surface area (Å²) in [6.45, 7) is 9.30. The maximum absolute atomic E-state index is 12.8. The number of hydrogen-bond acceptors (Lipinski definition) is 5. The number of H-pyrrole nitrogens is 1. The smallest absolute Gasteiger partial charge is 0.251 e. The van der Waals surface area contributed by atoms with Gasteiger partial charge in [-0.05, 0) is 71.3 Å². The highest BCUT2D eigenvalue weighted by molar-refractivity contribution is 5.94. The van der Waals surface area contributed by atoms with Crippen LogP contribution in [0, 0.1) is 0 Å². The fourth-order valence-electron chi connectivity index (χ4n) is 4.90. The summed E-state index contributed by atoms with van der Waals surface area (Å²) in [6.07, 6.45) is 6.45. The molecule has 0 unspecified atom stereocenters. The molecule has 1 aromatic heterocycles. The van der Waals surface area contributed by atoms with E-state index in [0.29, 0.717) is 5.56 Å². The fraction of sp³-hybridized carbons (Fsp3) is 0.389. The summed E-state index contributed by atoms with van der Waals surface area (Å²) in [7, 11) is 0. The first-order valence-corrected chi connectivity index (χ1v) is 15.3. The van der Waals surface area contributed by atoms with Crippen LogP contribution in [0.25, 0.3) is 22.6 Å². The fourth-order valence-corrected chi connectivity index (χ4v) is 4.90. The largest absolute Gasteiger partial charge is 0.494 e. The zero-order valence-electron chi connectivity index (χ0n) is 25.8. The molecular formula is C36H45N3O4. The highest BCUT2D eigenvalue weighted by Crippen LogP contribution is 2.25. The van der Waals surface area contributed by atoms with E-state index in [1.807, 2.05) is 66.9 Å². The van der Waals surface area contributed by atoms with Gasteiger partial charge in [-0.3, -0.25) is 4.79 Å². The lowest BCUT2D eigenvalue weighted by molar-refractivity contribution is -0.0647. The molecule has 0 radical (unpaired) electrons. The van der Waals surface area contributed by atoms with Crippen molar-refractivity contribution in [2.75, 3.05) is 6.61 Å². The highest BCUT2D eigenvalue weighted by Gasteiger charge is 2.21. The number of unbranched alkanes of at least 4 members (excludes halogenated alkanes) is 4. The Morgan fingerprint density at radius 1 is 0.884 bits per heavy atom. The van der Waals surface area contributed by atoms with Gasteiger partial charge >= 0.3 is 0 Å². The molecule has 1 amide bonds. The van der Waals surface area contributed by atoms with Crippen LogP contribution in [0.3, 0.4) is 0 Å². The first-order chi connectivity index (χ1) is 20.6. The Bertz CT molecular complexity index is 1420. The molecule has 228 valence electrons. The van der Waals surface area contributed by atoms with Crippen LogP contribution in [0.1, 0.15) is 81.3 Å². The number of benzene rings is 3. The molecule has 4 aromatic rings. The Hall–Kier alpha value is -3.94. The van der Waals surface area contributed by atoms with Crippen LogP contribution < -0.4 is 10.1 Å². The minimum Gasteiger partial charge on any atom is -0.494 e. The molecule has 7 nitrogen and oxygen atoms in total. The molecule has 1 heterocycles. The third-order valence-corrected chi connectivity index (χ3v) is 7.63. The average molecular weight is 584 g/mol. The van der Waals surface area contributed by atoms with Gasteiger partial charge in [0, 0.05) is 11.1 Å². The molecule has 0 aliphatic heterocycles. The average Bonchev–Trinajstić information content (AvgIpc) is 3.49. The van der Waals surface area contributed by atoms with Crippen molar-refractivity contribution >= 4 is 5.91 Å². The molecule has 0 aliphatic carbocycles. The summed E-state index contributed by atoms with van der Waals surface area (Å²) in [5, 5.41) is 22.7. The zero-order chi connectivity index (χ0) is 30.8. The summed E-state index contributed by atoms with van der Waals surface area (Å²) >= 11 is 0. The van der Waals surface area contributed by atoms with Gasteiger partial charge in [-0.25, -0.2) is 4.98 Å². The van der Waals surface area contributed by atoms with Crippen molar-refractivity contribution < 1.29 is 19.7 Å². The Balaban J connectivity index is 1.33. The summed E-state index contributed by atoms with van der Waals surface area (Å²) in [5.41, 5.74) is 5.28. The summed E-state index contributed by atoms with van der Waals surface area (Å²) < 4.78 is 5.88. The topological polar surface area (TPSA) is 107 Å². The van der Waals surface area contributed by atoms with Crippen molar-refractivity contribution in [1.82, 2.24) is 15.3 Å². The predicted octanol–water partition coefficient (Wildman–Crippen LogP) is 7.04. The van der Waals surface area contributed by atoms with E-state index >= 15 is 0 Å². The van der Waals surface area contributed by atoms with Crippen molar-refractivity contribution in [2.45, 2.75) is 84.0 Å². The second-order valence-electron chi connectivity index (χ2n) is 12.2. The molecule has 7 heteroatoms. The number of carbonyl (C=O) groups excluding carboxylic acids is 1. The van der Waals surface area contributed by atoms with E-state index in [9.17, 15) is 15.0 Å². The molecule has 43 heavy (non-hydrogen) atoms. The molecular weight excluding hydrogens is 538 g/mol. The molecule has 0 saturated carbocycles. The van der Waals surface area contributed by atoms with Gasteiger partial charge in [0.25, 0.3) is 5.91 Å². The van der Waals surface area contributed by atoms with E-state index in [1.165, 1.54) is 25.7 Å². The normalized spacial score (nSPS) is 12.3. The van der Waals surface area contributed by atoms with Crippen molar-refractivity contribution in [2.24, 2.45) is 0 Å². The number of aromatic nitrogens is 2. The number of ether oxygens (including phenoxy) is 1. The van der Waals surface area contributed by atoms with E-state index in [0.717, 1.165) is 52.5 Å². The van der Waals surface area contributed by atoms with E-state index in [2.05, 4.69) is 43.0 Å². The number of nitrogens with zero attached hydrogens (tertiary/aromatic N) is 1. The first kappa shape index (κ1) is 32.0. The van der Waals surface area contributed by atoms with Crippen molar-refractivity contribution in [3.05, 3.63) is 95.7 Å². The van der Waals surface area contributed by atoms with E-state index in [-0.39, 0.29) is 17.7 Å². The lowest BCUT2D eigenvalue weighted by Crippen LogP contribution is -2.44. The monoisotopic (exact) mass is 583 g/mol. The van der Waals surface area contributed by atoms with Gasteiger partial charge in [0.1, 0.15) is 11.6 Å². The van der Waals surface area contributed by atoms with Crippen molar-refractivity contribution in [1.29, 1.82) is 0 Å². The molecule has 0 spiro atoms. The van der Waals surface area contributed by atoms with Gasteiger partial charge in [-0.1, -0.05) is 89.8 Å². The Morgan fingerprint density at radius 2 is 1.53 bits per heavy atom. The number of aliphatic hydroxyl groups is 2. The Labute approximate surface area is 255 Å². The zero-order valence-corrected chi connectivity index (χ0v) is 25.8. The molecule has 0 saturated heterocycles. The standard InChI is InChI=1S/C36H45N3O4/c1-5-6-7-8-9-22-43-30-20-16-26(17-21-30)32-24-37-33(38-32)27-12-10-25(11-13-27)23-31(35(41)42)39-34(40)28-14-18-29(19-15-28)36(2,3)4/h10-21,24,31,35,41-42H,5-9,22-23H2,1-4H3,(H,37,38)(H,39,40)/t31-/m0/s1. The number of amides is 1. The van der Waals surface area contributed by atoms with Crippen LogP contribution in [0.4, 0.5) is 0 Å². The highest BCUT2D eigenvalue weighted by atomic mass is 16.5. The SMILES string of the molecule is CCCCCCCOc1ccc(-c2cnc(-c3ccc(C[C@H](NC(=O)c4ccc(C(C)(C)C)cc4)C(O)O)cc3)[nH]2)cc1. The molecule has 0 fully saturated rings. The van der Waals surface area contributed by atoms with Gasteiger partial charge in [0.05, 0.1) is 24.5 Å². The van der Waals surface area contributed by atoms with Crippen LogP contribution in [-0.2, 0) is 11.8 Å². The van der Waals surface area contributed by atoms with Gasteiger partial charge in [0.15, 0.2) is 6.29 Å². The molecule has 0 bridgehead atoms. The second kappa shape index (κ2) is 15.0. The summed E-state index contributed by atoms with van der Waals surface area (Å²) in [4.78, 5) is 20.8. The van der Waals surface area contributed by atoms with Crippen molar-refractivity contribution in [3.8, 4) is 28.4 Å². The quantitative estimate of drug-likeness (QED) is 0.0941. The molecule has 1 atom stereocenters. The maximum Gasteiger partial charge on any atom is 0.251 e. The first-order valence-electron chi connectivity index (χ1n) is 15.3. The van der Waals surface area contributed by atoms with Gasteiger partial charge in [-0.15, -0.1) is 0 Å². The third kappa shape index (κ3) is 9.27. The summed E-state index contributed by atoms with van der Waals surface area (Å²) in [6, 6.07) is 22.2. The number of nitrogens with one attached hydrogen (secondary N) is 2. The molecule has 4 rings (SSSR count). The lowest BCUT2D eigenvalue weighted by Gasteiger charge is -2.22. The number of aromatic amines is 1. The van der Waals surface area contributed by atoms with Crippen molar-refractivity contribution in [3.63, 3.8) is 0 Å². The Morgan fingerprint density at radius 3 is 2.16 bits per heavy atom. The molecule has 0 aliphatic rings. The minimum atomic E-state index is -1.70. The number of aliphatic hydroxyl groups excluding tert-OH is 1. The maximum atomic E-state index is 12.8. The van der Waals surface area contributed by atoms with E-state index in [1.54, 1.807) is 12.1 Å². The summed E-state index contributed by atoms with van der Waals surface area (Å²) in [5.74, 6) is 1.26. The number of carbonyl (C=O) groups is 1. The van der Waals surface area contributed by atoms with Crippen LogP contribution in [-0.4, -0.2) is 45.0 Å². The molecule has 4 N–H and O–H groups in total. The van der Waals surface area contributed by atoms with Crippen LogP contribution in [0.5, 0.6) is 5.75 Å². The van der Waals surface area contributed by atoms with Gasteiger partial charge in [0.2, 0.25) is 0 Å². The lowest BCUT2D eigenvalue weighted by atomic mass is 9.86. The van der Waals surface area contributed by atoms with Gasteiger partial charge < -0.3 is 25.3 Å². The van der Waals surface area contributed by atoms with Gasteiger partial charge in [-0.2, -0.15) is 0 Å². The molecule has 3 aromatic carbocycles. The minimum absolute atomic E-state index is 0.0179. The predicted molar refractivity (Wildman–Crippen MR) is 172 cm³/mol. The third-order valence-electron chi connectivity index (χ3n) is 7.63. The van der Waals surface area contributed by atoms with Crippen LogP contribution in [0.15, 0.2) is 79.0 Å². The van der Waals surface area contributed by atoms with E-state index in [4.69, 9.17) is 4.74 Å². The van der Waals surface area contributed by atoms with Crippen LogP contribution >= 0.6 is 0 Å². The van der Waals surface area contributed by atoms with E-state index < -0.39 is 12.3 Å². The second-order valence-corrected chi connectivity index (χ2v) is 12.2. The Kier molecular flexibility index (Phi) is 11.1.